The molecule has 129 valence electrons. The molecule has 0 saturated carbocycles. The third kappa shape index (κ3) is 5.62. The van der Waals surface area contributed by atoms with Crippen molar-refractivity contribution in [2.45, 2.75) is 80.1 Å². The van der Waals surface area contributed by atoms with E-state index >= 15 is 0 Å². The number of hydrogen-bond acceptors (Lipinski definition) is 2. The minimum absolute atomic E-state index is 0.388. The van der Waals surface area contributed by atoms with Gasteiger partial charge < -0.3 is 9.31 Å². The molecule has 0 amide bonds. The topological polar surface area (TPSA) is 18.5 Å². The maximum Gasteiger partial charge on any atom is 0.657 e. The highest BCUT2D eigenvalue weighted by molar-refractivity contribution is 6.19. The molecule has 0 fully saturated rings. The van der Waals surface area contributed by atoms with E-state index in [4.69, 9.17) is 9.31 Å². The quantitative estimate of drug-likeness (QED) is 0.591. The maximum absolute atomic E-state index is 5.71. The van der Waals surface area contributed by atoms with Gasteiger partial charge in [0.15, 0.2) is 0 Å². The van der Waals surface area contributed by atoms with Crippen molar-refractivity contribution in [3.8, 4) is 0 Å². The van der Waals surface area contributed by atoms with Gasteiger partial charge in [0.1, 0.15) is 0 Å². The average molecular weight is 317 g/mol. The molecule has 0 aromatic carbocycles. The molecule has 0 aromatic heterocycles. The van der Waals surface area contributed by atoms with Crippen LogP contribution in [0, 0.1) is 22.7 Å². The Hall–Kier alpha value is -0.855. The normalized spacial score (nSPS) is 26.2. The van der Waals surface area contributed by atoms with Crippen molar-refractivity contribution in [3.05, 3.63) is 23.7 Å². The van der Waals surface area contributed by atoms with Crippen molar-refractivity contribution < 1.29 is 9.31 Å². The molecule has 0 N–H and O–H groups in total. The molecular weight excluding hydrogens is 283 g/mol. The van der Waals surface area contributed by atoms with Gasteiger partial charge in [-0.25, -0.2) is 0 Å². The van der Waals surface area contributed by atoms with Crippen LogP contribution in [0.5, 0.6) is 0 Å². The second-order valence-electron chi connectivity index (χ2n) is 9.35. The smallest absolute Gasteiger partial charge is 0.530 e. The van der Waals surface area contributed by atoms with E-state index in [-0.39, 0.29) is 0 Å². The zero-order valence-electron chi connectivity index (χ0n) is 15.9. The van der Waals surface area contributed by atoms with Crippen molar-refractivity contribution >= 4 is 7.69 Å². The molecule has 2 nitrogen and oxygen atoms in total. The molecule has 2 atom stereocenters. The Kier molecular flexibility index (Phi) is 5.91. The molecule has 0 aliphatic heterocycles. The second kappa shape index (κ2) is 7.36. The van der Waals surface area contributed by atoms with Gasteiger partial charge in [-0.05, 0) is 60.5 Å². The van der Waals surface area contributed by atoms with Gasteiger partial charge in [-0.3, -0.25) is 0 Å². The fourth-order valence-electron chi connectivity index (χ4n) is 3.56. The van der Waals surface area contributed by atoms with Gasteiger partial charge in [-0.1, -0.05) is 41.5 Å². The first-order valence-electron chi connectivity index (χ1n) is 9.19. The highest BCUT2D eigenvalue weighted by atomic mass is 16.6. The van der Waals surface area contributed by atoms with Gasteiger partial charge in [0.2, 0.25) is 0 Å². The first-order chi connectivity index (χ1) is 10.7. The Morgan fingerprint density at radius 2 is 1.17 bits per heavy atom. The summed E-state index contributed by atoms with van der Waals surface area (Å²) in [5.41, 5.74) is 0.775. The fourth-order valence-corrected chi connectivity index (χ4v) is 3.56. The minimum Gasteiger partial charge on any atom is -0.530 e. The van der Waals surface area contributed by atoms with Gasteiger partial charge in [0.05, 0.1) is 11.5 Å². The van der Waals surface area contributed by atoms with Crippen molar-refractivity contribution in [1.82, 2.24) is 0 Å². The Bertz CT molecular complexity index is 409. The molecule has 0 aromatic rings. The van der Waals surface area contributed by atoms with E-state index in [9.17, 15) is 0 Å². The summed E-state index contributed by atoms with van der Waals surface area (Å²) in [5.74, 6) is 3.64. The first-order valence-corrected chi connectivity index (χ1v) is 9.19. The standard InChI is InChI=1S/C20H34BO2/c1-19(2,3)15-7-11-17(12-8-15)22-21-23-18-13-9-16(10-14-18)20(4,5)6/h11,13,15-16H,7-10,12,14H2,1-6H3. The Balaban J connectivity index is 1.71. The van der Waals surface area contributed by atoms with Crippen LogP contribution in [-0.2, 0) is 9.31 Å². The van der Waals surface area contributed by atoms with Gasteiger partial charge in [0, 0.05) is 12.8 Å². The number of rotatable bonds is 4. The predicted molar refractivity (Wildman–Crippen MR) is 97.7 cm³/mol. The molecule has 3 heteroatoms. The zero-order chi connectivity index (χ0) is 17.1. The van der Waals surface area contributed by atoms with E-state index in [1.54, 1.807) is 0 Å². The molecule has 2 aliphatic carbocycles. The van der Waals surface area contributed by atoms with E-state index in [0.29, 0.717) is 10.8 Å². The Morgan fingerprint density at radius 3 is 1.43 bits per heavy atom. The number of allylic oxidation sites excluding steroid dienone is 4. The maximum atomic E-state index is 5.71. The van der Waals surface area contributed by atoms with E-state index in [0.717, 1.165) is 49.0 Å². The third-order valence-corrected chi connectivity index (χ3v) is 5.59. The highest BCUT2D eigenvalue weighted by Crippen LogP contribution is 2.38. The third-order valence-electron chi connectivity index (χ3n) is 5.59. The molecule has 2 unspecified atom stereocenters. The van der Waals surface area contributed by atoms with Gasteiger partial charge >= 0.3 is 7.69 Å². The monoisotopic (exact) mass is 317 g/mol. The van der Waals surface area contributed by atoms with Crippen LogP contribution in [0.4, 0.5) is 0 Å². The van der Waals surface area contributed by atoms with Crippen molar-refractivity contribution in [1.29, 1.82) is 0 Å². The lowest BCUT2D eigenvalue weighted by atomic mass is 9.74. The lowest BCUT2D eigenvalue weighted by Crippen LogP contribution is -2.23. The molecule has 0 saturated heterocycles. The van der Waals surface area contributed by atoms with Crippen LogP contribution in [-0.4, -0.2) is 7.69 Å². The largest absolute Gasteiger partial charge is 0.657 e. The Labute approximate surface area is 144 Å². The van der Waals surface area contributed by atoms with Gasteiger partial charge in [-0.15, -0.1) is 0 Å². The van der Waals surface area contributed by atoms with Crippen molar-refractivity contribution in [2.75, 3.05) is 0 Å². The molecule has 0 heterocycles. The molecule has 1 radical (unpaired) electrons. The second-order valence-corrected chi connectivity index (χ2v) is 9.35. The highest BCUT2D eigenvalue weighted by Gasteiger charge is 2.28. The lowest BCUT2D eigenvalue weighted by molar-refractivity contribution is 0.193. The van der Waals surface area contributed by atoms with Gasteiger partial charge in [0.25, 0.3) is 0 Å². The van der Waals surface area contributed by atoms with Crippen LogP contribution in [0.25, 0.3) is 0 Å². The average Bonchev–Trinajstić information content (AvgIpc) is 2.46. The zero-order valence-corrected chi connectivity index (χ0v) is 15.9. The summed E-state index contributed by atoms with van der Waals surface area (Å²) in [6.45, 7) is 14.0. The summed E-state index contributed by atoms with van der Waals surface area (Å²) < 4.78 is 11.4. The van der Waals surface area contributed by atoms with Crippen LogP contribution in [0.3, 0.4) is 0 Å². The van der Waals surface area contributed by atoms with E-state index < -0.39 is 0 Å². The number of hydrogen-bond donors (Lipinski definition) is 0. The summed E-state index contributed by atoms with van der Waals surface area (Å²) in [6, 6.07) is 0. The summed E-state index contributed by atoms with van der Waals surface area (Å²) in [5, 5.41) is 0. The van der Waals surface area contributed by atoms with Crippen molar-refractivity contribution in [2.24, 2.45) is 22.7 Å². The van der Waals surface area contributed by atoms with Crippen LogP contribution < -0.4 is 0 Å². The summed E-state index contributed by atoms with van der Waals surface area (Å²) in [6.07, 6.45) is 11.2. The molecular formula is C20H34BO2. The van der Waals surface area contributed by atoms with Gasteiger partial charge in [-0.2, -0.15) is 0 Å². The summed E-state index contributed by atoms with van der Waals surface area (Å²) in [4.78, 5) is 0. The van der Waals surface area contributed by atoms with E-state index in [2.05, 4.69) is 53.7 Å². The van der Waals surface area contributed by atoms with E-state index in [1.807, 2.05) is 0 Å². The van der Waals surface area contributed by atoms with Crippen molar-refractivity contribution in [3.63, 3.8) is 0 Å². The van der Waals surface area contributed by atoms with Crippen LogP contribution >= 0.6 is 0 Å². The molecule has 0 bridgehead atoms. The SMILES string of the molecule is CC(C)(C)C1CC=C(O[B]OC2=CCC(C(C)(C)C)CC2)CC1. The minimum atomic E-state index is 0.388. The molecule has 2 aliphatic rings. The molecule has 23 heavy (non-hydrogen) atoms. The van der Waals surface area contributed by atoms with Crippen LogP contribution in [0.2, 0.25) is 0 Å². The Morgan fingerprint density at radius 1 is 0.783 bits per heavy atom. The molecule has 2 rings (SSSR count). The predicted octanol–water partition coefficient (Wildman–Crippen LogP) is 6.01. The van der Waals surface area contributed by atoms with Crippen LogP contribution in [0.15, 0.2) is 23.7 Å². The molecule has 0 spiro atoms. The summed E-state index contributed by atoms with van der Waals surface area (Å²) >= 11 is 0. The van der Waals surface area contributed by atoms with E-state index in [1.165, 1.54) is 20.5 Å². The lowest BCUT2D eigenvalue weighted by Gasteiger charge is -2.33. The van der Waals surface area contributed by atoms with Crippen LogP contribution in [0.1, 0.15) is 80.1 Å². The first kappa shape index (κ1) is 18.5. The summed E-state index contributed by atoms with van der Waals surface area (Å²) in [7, 11) is 1.53. The fraction of sp³-hybridized carbons (Fsp3) is 0.800.